The summed E-state index contributed by atoms with van der Waals surface area (Å²) < 4.78 is 26.5. The Labute approximate surface area is 180 Å². The van der Waals surface area contributed by atoms with E-state index in [1.807, 2.05) is 0 Å². The van der Waals surface area contributed by atoms with Crippen molar-refractivity contribution in [1.82, 2.24) is 24.4 Å². The number of piperidine rings is 1. The lowest BCUT2D eigenvalue weighted by Gasteiger charge is -2.31. The molecule has 1 saturated carbocycles. The molecule has 2 aliphatic heterocycles. The maximum atomic E-state index is 13.0. The van der Waals surface area contributed by atoms with Crippen LogP contribution in [0.3, 0.4) is 0 Å². The van der Waals surface area contributed by atoms with E-state index in [2.05, 4.69) is 15.2 Å². The third-order valence-corrected chi connectivity index (χ3v) is 8.30. The second-order valence-electron chi connectivity index (χ2n) is 8.83. The second kappa shape index (κ2) is 7.15. The van der Waals surface area contributed by atoms with Gasteiger partial charge in [-0.3, -0.25) is 14.7 Å². The highest BCUT2D eigenvalue weighted by atomic mass is 32.2. The Morgan fingerprint density at radius 3 is 2.48 bits per heavy atom. The van der Waals surface area contributed by atoms with Crippen LogP contribution in [0, 0.1) is 0 Å². The van der Waals surface area contributed by atoms with Crippen molar-refractivity contribution in [2.24, 2.45) is 0 Å². The van der Waals surface area contributed by atoms with E-state index in [0.29, 0.717) is 19.0 Å². The normalized spacial score (nSPS) is 21.1. The fourth-order valence-electron chi connectivity index (χ4n) is 4.42. The van der Waals surface area contributed by atoms with Gasteiger partial charge >= 0.3 is 0 Å². The van der Waals surface area contributed by atoms with Crippen molar-refractivity contribution in [3.05, 3.63) is 41.0 Å². The number of likely N-dealkylation sites (tertiary alicyclic amines) is 1. The molecular formula is C21H25N5O4S. The van der Waals surface area contributed by atoms with Crippen LogP contribution in [0.15, 0.2) is 23.1 Å². The van der Waals surface area contributed by atoms with Gasteiger partial charge in [0, 0.05) is 36.5 Å². The molecule has 2 amide bonds. The number of aromatic amines is 1. The number of carbonyl (C=O) groups excluding carboxylic acids is 2. The molecule has 1 aromatic heterocycles. The van der Waals surface area contributed by atoms with Crippen molar-refractivity contribution in [1.29, 1.82) is 0 Å². The third-order valence-electron chi connectivity index (χ3n) is 6.30. The molecule has 10 heteroatoms. The number of fused-ring (bicyclic) bond motifs is 1. The number of aromatic nitrogens is 3. The van der Waals surface area contributed by atoms with Crippen molar-refractivity contribution < 1.29 is 18.0 Å². The Balaban J connectivity index is 1.31. The number of benzene rings is 1. The number of nitrogens with one attached hydrogen (secondary N) is 1. The van der Waals surface area contributed by atoms with Crippen LogP contribution in [-0.4, -0.2) is 63.7 Å². The van der Waals surface area contributed by atoms with E-state index in [1.165, 1.54) is 12.1 Å². The highest BCUT2D eigenvalue weighted by Crippen LogP contribution is 2.39. The van der Waals surface area contributed by atoms with Gasteiger partial charge in [0.15, 0.2) is 5.82 Å². The smallest absolute Gasteiger partial charge is 0.269 e. The number of sulfonamides is 1. The Bertz CT molecular complexity index is 1160. The number of H-pyrrole nitrogens is 1. The molecule has 1 aromatic carbocycles. The molecule has 3 aliphatic rings. The molecule has 0 unspecified atom stereocenters. The van der Waals surface area contributed by atoms with Gasteiger partial charge in [-0.1, -0.05) is 0 Å². The molecule has 0 spiro atoms. The number of hydrogen-bond acceptors (Lipinski definition) is 6. The maximum Gasteiger partial charge on any atom is 0.269 e. The minimum Gasteiger partial charge on any atom is -0.339 e. The summed E-state index contributed by atoms with van der Waals surface area (Å²) in [5, 5.41) is 7.38. The Morgan fingerprint density at radius 2 is 1.84 bits per heavy atom. The van der Waals surface area contributed by atoms with E-state index in [0.717, 1.165) is 41.6 Å². The van der Waals surface area contributed by atoms with E-state index in [4.69, 9.17) is 0 Å². The van der Waals surface area contributed by atoms with E-state index in [9.17, 15) is 18.0 Å². The molecule has 5 rings (SSSR count). The summed E-state index contributed by atoms with van der Waals surface area (Å²) in [5.41, 5.74) is 0.413. The van der Waals surface area contributed by atoms with Crippen LogP contribution in [0.2, 0.25) is 0 Å². The summed E-state index contributed by atoms with van der Waals surface area (Å²) in [6, 6.07) is 3.85. The second-order valence-corrected chi connectivity index (χ2v) is 10.6. The van der Waals surface area contributed by atoms with Gasteiger partial charge in [-0.2, -0.15) is 5.10 Å². The minimum atomic E-state index is -3.93. The first-order chi connectivity index (χ1) is 14.8. The zero-order valence-electron chi connectivity index (χ0n) is 17.5. The van der Waals surface area contributed by atoms with Crippen LogP contribution in [0.4, 0.5) is 0 Å². The van der Waals surface area contributed by atoms with Gasteiger partial charge in [-0.25, -0.2) is 17.7 Å². The lowest BCUT2D eigenvalue weighted by atomic mass is 9.95. The van der Waals surface area contributed by atoms with Crippen molar-refractivity contribution in [2.45, 2.75) is 62.3 Å². The van der Waals surface area contributed by atoms with Crippen LogP contribution in [-0.2, 0) is 10.0 Å². The maximum absolute atomic E-state index is 13.0. The highest BCUT2D eigenvalue weighted by Gasteiger charge is 2.43. The molecule has 164 valence electrons. The minimum absolute atomic E-state index is 0.0822. The van der Waals surface area contributed by atoms with Crippen LogP contribution >= 0.6 is 0 Å². The number of carbonyl (C=O) groups is 2. The van der Waals surface area contributed by atoms with Gasteiger partial charge in [0.05, 0.1) is 5.56 Å². The largest absolute Gasteiger partial charge is 0.339 e. The lowest BCUT2D eigenvalue weighted by molar-refractivity contribution is 0.0710. The Kier molecular flexibility index (Phi) is 4.65. The molecule has 31 heavy (non-hydrogen) atoms. The zero-order valence-corrected chi connectivity index (χ0v) is 18.4. The molecule has 0 atom stereocenters. The predicted molar refractivity (Wildman–Crippen MR) is 111 cm³/mol. The van der Waals surface area contributed by atoms with Gasteiger partial charge in [-0.15, -0.1) is 0 Å². The van der Waals surface area contributed by atoms with Gasteiger partial charge in [-0.05, 0) is 57.7 Å². The summed E-state index contributed by atoms with van der Waals surface area (Å²) in [6.45, 7) is 4.42. The van der Waals surface area contributed by atoms with Crippen molar-refractivity contribution in [3.8, 4) is 0 Å². The summed E-state index contributed by atoms with van der Waals surface area (Å²) in [7, 11) is -3.93. The topological polar surface area (TPSA) is 116 Å². The van der Waals surface area contributed by atoms with Gasteiger partial charge < -0.3 is 4.90 Å². The van der Waals surface area contributed by atoms with E-state index >= 15 is 0 Å². The first-order valence-electron chi connectivity index (χ1n) is 10.7. The fourth-order valence-corrected chi connectivity index (χ4v) is 6.22. The third kappa shape index (κ3) is 3.33. The molecule has 2 fully saturated rings. The van der Waals surface area contributed by atoms with Crippen molar-refractivity contribution in [3.63, 3.8) is 0 Å². The Morgan fingerprint density at radius 1 is 1.13 bits per heavy atom. The Hall–Kier alpha value is -2.75. The SMILES string of the molecule is CC(C)N1C(=O)c2ccc(C(=O)N3CCC(c4nc(C5CC5)n[nH]4)CC3)cc2S1(=O)=O. The van der Waals surface area contributed by atoms with Gasteiger partial charge in [0.2, 0.25) is 0 Å². The number of hydrogen-bond donors (Lipinski definition) is 1. The molecule has 0 radical (unpaired) electrons. The molecule has 1 aliphatic carbocycles. The van der Waals surface area contributed by atoms with Crippen molar-refractivity contribution >= 4 is 21.8 Å². The number of rotatable bonds is 4. The summed E-state index contributed by atoms with van der Waals surface area (Å²) >= 11 is 0. The molecule has 2 aromatic rings. The lowest BCUT2D eigenvalue weighted by Crippen LogP contribution is -2.38. The molecule has 1 saturated heterocycles. The summed E-state index contributed by atoms with van der Waals surface area (Å²) in [4.78, 5) is 31.8. The quantitative estimate of drug-likeness (QED) is 0.775. The predicted octanol–water partition coefficient (Wildman–Crippen LogP) is 2.25. The number of amides is 2. The fraction of sp³-hybridized carbons (Fsp3) is 0.524. The average molecular weight is 444 g/mol. The first kappa shape index (κ1) is 20.2. The molecule has 3 heterocycles. The van der Waals surface area contributed by atoms with E-state index in [-0.39, 0.29) is 27.8 Å². The summed E-state index contributed by atoms with van der Waals surface area (Å²) in [5.74, 6) is 1.77. The standard InChI is InChI=1S/C21H25N5O4S/c1-12(2)26-21(28)16-6-5-15(11-17(16)31(26,29)30)20(27)25-9-7-14(8-10-25)19-22-18(23-24-19)13-3-4-13/h5-6,11-14H,3-4,7-10H2,1-2H3,(H,22,23,24). The highest BCUT2D eigenvalue weighted by molar-refractivity contribution is 7.90. The average Bonchev–Trinajstić information content (AvgIpc) is 3.44. The zero-order chi connectivity index (χ0) is 21.9. The monoisotopic (exact) mass is 443 g/mol. The number of nitrogens with zero attached hydrogens (tertiary/aromatic N) is 4. The van der Waals surface area contributed by atoms with E-state index < -0.39 is 22.0 Å². The van der Waals surface area contributed by atoms with Crippen LogP contribution in [0.25, 0.3) is 0 Å². The summed E-state index contributed by atoms with van der Waals surface area (Å²) in [6.07, 6.45) is 3.85. The molecular weight excluding hydrogens is 418 g/mol. The molecule has 9 nitrogen and oxygen atoms in total. The van der Waals surface area contributed by atoms with Crippen LogP contribution in [0.5, 0.6) is 0 Å². The van der Waals surface area contributed by atoms with Gasteiger partial charge in [0.25, 0.3) is 21.8 Å². The first-order valence-corrected chi connectivity index (χ1v) is 12.2. The van der Waals surface area contributed by atoms with Crippen LogP contribution < -0.4 is 0 Å². The van der Waals surface area contributed by atoms with E-state index in [1.54, 1.807) is 24.8 Å². The van der Waals surface area contributed by atoms with Crippen molar-refractivity contribution in [2.75, 3.05) is 13.1 Å². The van der Waals surface area contributed by atoms with Gasteiger partial charge in [0.1, 0.15) is 10.7 Å². The molecule has 1 N–H and O–H groups in total. The molecule has 0 bridgehead atoms. The van der Waals surface area contributed by atoms with Crippen LogP contribution in [0.1, 0.15) is 83.7 Å².